The molecular weight excluding hydrogens is 472 g/mol. The summed E-state index contributed by atoms with van der Waals surface area (Å²) in [6, 6.07) is 9.23. The first-order valence-corrected chi connectivity index (χ1v) is 13.2. The van der Waals surface area contributed by atoms with Gasteiger partial charge in [0.25, 0.3) is 0 Å². The van der Waals surface area contributed by atoms with Gasteiger partial charge < -0.3 is 19.7 Å². The lowest BCUT2D eigenvalue weighted by Crippen LogP contribution is -2.86. The number of ketones is 2. The molecule has 200 valence electrons. The second kappa shape index (κ2) is 8.32. The van der Waals surface area contributed by atoms with Crippen molar-refractivity contribution in [2.75, 3.05) is 6.61 Å². The second-order valence-electron chi connectivity index (χ2n) is 12.4. The van der Waals surface area contributed by atoms with Crippen LogP contribution in [-0.4, -0.2) is 58.8 Å². The van der Waals surface area contributed by atoms with Crippen LogP contribution in [0.3, 0.4) is 0 Å². The van der Waals surface area contributed by atoms with Gasteiger partial charge in [-0.1, -0.05) is 44.2 Å². The number of aliphatic hydroxyl groups excluding tert-OH is 2. The molecule has 4 aliphatic carbocycles. The third kappa shape index (κ3) is 3.08. The van der Waals surface area contributed by atoms with E-state index in [1.807, 2.05) is 44.2 Å². The fourth-order valence-corrected chi connectivity index (χ4v) is 8.97. The molecule has 7 nitrogen and oxygen atoms in total. The van der Waals surface area contributed by atoms with Gasteiger partial charge in [-0.15, -0.1) is 0 Å². The molecular formula is C30H38O7. The Kier molecular flexibility index (Phi) is 5.91. The normalized spacial score (nSPS) is 45.1. The van der Waals surface area contributed by atoms with Crippen LogP contribution in [0.1, 0.15) is 71.2 Å². The first-order valence-electron chi connectivity index (χ1n) is 13.2. The first-order chi connectivity index (χ1) is 17.3. The summed E-state index contributed by atoms with van der Waals surface area (Å²) in [7, 11) is 0. The molecule has 5 aliphatic rings. The third-order valence-electron chi connectivity index (χ3n) is 11.0. The van der Waals surface area contributed by atoms with Gasteiger partial charge in [-0.2, -0.15) is 0 Å². The van der Waals surface area contributed by atoms with E-state index in [1.54, 1.807) is 6.92 Å². The van der Waals surface area contributed by atoms with Crippen molar-refractivity contribution in [1.82, 2.24) is 0 Å². The SMILES string of the molecule is CC(=O)O[C@H]1C(=O)[C@]2(C)[C@@H](O)C[C@H]3OC[C@H]3C23C[C@]2(C)C[C@H](O)C(C)=C1[C@]32C.CC(=O)c1ccccc1. The lowest BCUT2D eigenvalue weighted by atomic mass is 9.20. The largest absolute Gasteiger partial charge is 0.450 e. The van der Waals surface area contributed by atoms with Crippen molar-refractivity contribution in [3.63, 3.8) is 0 Å². The van der Waals surface area contributed by atoms with Crippen LogP contribution in [0.15, 0.2) is 41.5 Å². The number of carbonyl (C=O) groups excluding carboxylic acids is 3. The average molecular weight is 511 g/mol. The Morgan fingerprint density at radius 2 is 1.73 bits per heavy atom. The van der Waals surface area contributed by atoms with Crippen molar-refractivity contribution in [3.8, 4) is 0 Å². The zero-order valence-corrected chi connectivity index (χ0v) is 22.5. The number of aliphatic hydroxyl groups is 2. The molecule has 2 N–H and O–H groups in total. The zero-order valence-electron chi connectivity index (χ0n) is 22.5. The molecule has 1 aromatic carbocycles. The minimum Gasteiger partial charge on any atom is -0.450 e. The maximum absolute atomic E-state index is 13.9. The molecule has 3 saturated carbocycles. The van der Waals surface area contributed by atoms with Crippen LogP contribution in [0, 0.1) is 27.6 Å². The van der Waals surface area contributed by atoms with Crippen molar-refractivity contribution in [1.29, 1.82) is 0 Å². The zero-order chi connectivity index (χ0) is 27.1. The predicted octanol–water partition coefficient (Wildman–Crippen LogP) is 3.66. The van der Waals surface area contributed by atoms with E-state index in [0.29, 0.717) is 19.4 Å². The molecule has 1 saturated heterocycles. The molecule has 1 unspecified atom stereocenters. The number of rotatable bonds is 2. The molecule has 0 bridgehead atoms. The first kappa shape index (κ1) is 26.3. The molecule has 1 aromatic rings. The number of ether oxygens (including phenoxy) is 2. The predicted molar refractivity (Wildman–Crippen MR) is 136 cm³/mol. The summed E-state index contributed by atoms with van der Waals surface area (Å²) in [5, 5.41) is 22.0. The maximum Gasteiger partial charge on any atom is 0.303 e. The van der Waals surface area contributed by atoms with Crippen molar-refractivity contribution in [2.45, 2.75) is 85.2 Å². The van der Waals surface area contributed by atoms with Gasteiger partial charge in [-0.3, -0.25) is 14.4 Å². The van der Waals surface area contributed by atoms with Gasteiger partial charge in [-0.05, 0) is 50.2 Å². The van der Waals surface area contributed by atoms with E-state index in [-0.39, 0.29) is 29.0 Å². The molecule has 0 radical (unpaired) electrons. The van der Waals surface area contributed by atoms with E-state index in [2.05, 4.69) is 13.8 Å². The van der Waals surface area contributed by atoms with Crippen LogP contribution in [0.2, 0.25) is 0 Å². The van der Waals surface area contributed by atoms with Crippen molar-refractivity contribution < 1.29 is 34.1 Å². The number of hydrogen-bond acceptors (Lipinski definition) is 7. The molecule has 1 heterocycles. The van der Waals surface area contributed by atoms with Gasteiger partial charge in [-0.25, -0.2) is 0 Å². The molecule has 9 atom stereocenters. The Hall–Kier alpha value is -2.35. The molecule has 1 spiro atoms. The minimum absolute atomic E-state index is 0.0315. The Morgan fingerprint density at radius 1 is 1.08 bits per heavy atom. The molecule has 4 fully saturated rings. The van der Waals surface area contributed by atoms with E-state index in [4.69, 9.17) is 9.47 Å². The van der Waals surface area contributed by atoms with Gasteiger partial charge in [0.05, 0.1) is 30.3 Å². The fourth-order valence-electron chi connectivity index (χ4n) is 8.97. The highest BCUT2D eigenvalue weighted by molar-refractivity contribution is 5.97. The number of benzene rings is 1. The molecule has 0 aromatic heterocycles. The number of fused-ring (bicyclic) bond motifs is 1. The quantitative estimate of drug-likeness (QED) is 0.355. The average Bonchev–Trinajstić information content (AvgIpc) is 2.82. The summed E-state index contributed by atoms with van der Waals surface area (Å²) in [6.07, 6.45) is -0.738. The Labute approximate surface area is 218 Å². The highest BCUT2D eigenvalue weighted by Gasteiger charge is 2.87. The topological polar surface area (TPSA) is 110 Å². The molecule has 6 rings (SSSR count). The molecule has 1 aliphatic heterocycles. The van der Waals surface area contributed by atoms with Gasteiger partial charge in [0.15, 0.2) is 17.7 Å². The number of hydrogen-bond donors (Lipinski definition) is 2. The highest BCUT2D eigenvalue weighted by Crippen LogP contribution is 2.86. The van der Waals surface area contributed by atoms with Gasteiger partial charge in [0.1, 0.15) is 0 Å². The smallest absolute Gasteiger partial charge is 0.303 e. The fraction of sp³-hybridized carbons (Fsp3) is 0.633. The van der Waals surface area contributed by atoms with Crippen LogP contribution in [0.4, 0.5) is 0 Å². The van der Waals surface area contributed by atoms with E-state index in [1.165, 1.54) is 6.92 Å². The second-order valence-corrected chi connectivity index (χ2v) is 12.4. The van der Waals surface area contributed by atoms with Crippen molar-refractivity contribution >= 4 is 17.5 Å². The third-order valence-corrected chi connectivity index (χ3v) is 11.0. The lowest BCUT2D eigenvalue weighted by Gasteiger charge is -2.84. The van der Waals surface area contributed by atoms with Crippen molar-refractivity contribution in [2.24, 2.45) is 27.6 Å². The number of Topliss-reactive ketones (excluding diaryl/α,β-unsaturated/α-hetero) is 2. The highest BCUT2D eigenvalue weighted by atomic mass is 16.5. The van der Waals surface area contributed by atoms with E-state index in [9.17, 15) is 24.6 Å². The monoisotopic (exact) mass is 510 g/mol. The van der Waals surface area contributed by atoms with E-state index in [0.717, 1.165) is 23.1 Å². The summed E-state index contributed by atoms with van der Waals surface area (Å²) in [6.45, 7) is 11.6. The number of carbonyl (C=O) groups is 3. The van der Waals surface area contributed by atoms with Crippen LogP contribution < -0.4 is 0 Å². The van der Waals surface area contributed by atoms with E-state index >= 15 is 0 Å². The van der Waals surface area contributed by atoms with Gasteiger partial charge >= 0.3 is 5.97 Å². The summed E-state index contributed by atoms with van der Waals surface area (Å²) in [4.78, 5) is 36.5. The van der Waals surface area contributed by atoms with Crippen LogP contribution >= 0.6 is 0 Å². The standard InChI is InChI=1S/C22H30O6.C8H8O/c1-10-13(24)7-19(3)9-22-12-8-27-14(12)6-15(25)20(22,4)18(26)17(28-11(2)23)16(10)21(19,22)5;1-7(9)8-5-3-2-4-6-8/h12-15,17,24-25H,6-9H2,1-5H3;2-6H,1H3/t12-,13+,14-,15+,17-,19+,20+,21+,22?;/m1./s1. The van der Waals surface area contributed by atoms with Crippen LogP contribution in [0.25, 0.3) is 0 Å². The summed E-state index contributed by atoms with van der Waals surface area (Å²) < 4.78 is 11.4. The summed E-state index contributed by atoms with van der Waals surface area (Å²) >= 11 is 0. The Balaban J connectivity index is 0.000000265. The molecule has 37 heavy (non-hydrogen) atoms. The number of esters is 1. The van der Waals surface area contributed by atoms with Gasteiger partial charge in [0.2, 0.25) is 0 Å². The van der Waals surface area contributed by atoms with Crippen LogP contribution in [-0.2, 0) is 19.1 Å². The summed E-state index contributed by atoms with van der Waals surface area (Å²) in [5.41, 5.74) is 0.185. The van der Waals surface area contributed by atoms with Gasteiger partial charge in [0, 0.05) is 35.7 Å². The van der Waals surface area contributed by atoms with Crippen LogP contribution in [0.5, 0.6) is 0 Å². The Morgan fingerprint density at radius 3 is 2.24 bits per heavy atom. The minimum atomic E-state index is -1.04. The summed E-state index contributed by atoms with van der Waals surface area (Å²) in [5.74, 6) is -0.423. The maximum atomic E-state index is 13.9. The van der Waals surface area contributed by atoms with E-state index < -0.39 is 40.5 Å². The Bertz CT molecular complexity index is 1190. The van der Waals surface area contributed by atoms with Crippen molar-refractivity contribution in [3.05, 3.63) is 47.0 Å². The lowest BCUT2D eigenvalue weighted by molar-refractivity contribution is -0.371. The molecule has 7 heteroatoms. The molecule has 0 amide bonds.